The summed E-state index contributed by atoms with van der Waals surface area (Å²) in [5.74, 6) is 0.0365. The van der Waals surface area contributed by atoms with Gasteiger partial charge in [-0.05, 0) is 44.9 Å². The summed E-state index contributed by atoms with van der Waals surface area (Å²) in [6.45, 7) is 8.63. The van der Waals surface area contributed by atoms with Crippen molar-refractivity contribution in [2.45, 2.75) is 27.2 Å². The van der Waals surface area contributed by atoms with Gasteiger partial charge in [-0.1, -0.05) is 29.3 Å². The molecule has 1 amide bonds. The summed E-state index contributed by atoms with van der Waals surface area (Å²) in [4.78, 5) is 12.3. The number of benzene rings is 1. The number of carbonyl (C=O) groups excluding carboxylic acids is 1. The van der Waals surface area contributed by atoms with Crippen molar-refractivity contribution in [3.63, 3.8) is 0 Å². The molecule has 1 aliphatic heterocycles. The minimum absolute atomic E-state index is 0. The van der Waals surface area contributed by atoms with Crippen LogP contribution < -0.4 is 10.6 Å². The highest BCUT2D eigenvalue weighted by molar-refractivity contribution is 5.97. The molecule has 0 saturated heterocycles. The van der Waals surface area contributed by atoms with Crippen molar-refractivity contribution in [3.05, 3.63) is 46.0 Å². The molecule has 0 radical (unpaired) electrons. The first-order chi connectivity index (χ1) is 9.08. The van der Waals surface area contributed by atoms with Gasteiger partial charge in [0.25, 0.3) is 5.91 Å². The van der Waals surface area contributed by atoms with Crippen molar-refractivity contribution in [1.29, 1.82) is 0 Å². The topological polar surface area (TPSA) is 41.1 Å². The zero-order valence-electron chi connectivity index (χ0n) is 12.4. The van der Waals surface area contributed by atoms with Crippen LogP contribution in [0.2, 0.25) is 0 Å². The lowest BCUT2D eigenvalue weighted by Crippen LogP contribution is -2.30. The predicted molar refractivity (Wildman–Crippen MR) is 85.8 cm³/mol. The lowest BCUT2D eigenvalue weighted by Gasteiger charge is -2.16. The van der Waals surface area contributed by atoms with Crippen LogP contribution >= 0.6 is 12.4 Å². The van der Waals surface area contributed by atoms with Crippen LogP contribution in [0.4, 0.5) is 0 Å². The van der Waals surface area contributed by atoms with Crippen molar-refractivity contribution in [1.82, 2.24) is 10.6 Å². The lowest BCUT2D eigenvalue weighted by molar-refractivity contribution is 0.0955. The van der Waals surface area contributed by atoms with E-state index >= 15 is 0 Å². The zero-order chi connectivity index (χ0) is 13.8. The average molecular weight is 295 g/mol. The van der Waals surface area contributed by atoms with Crippen LogP contribution in [0, 0.1) is 20.8 Å². The van der Waals surface area contributed by atoms with Gasteiger partial charge in [0.1, 0.15) is 0 Å². The molecule has 1 aliphatic rings. The molecule has 110 valence electrons. The molecule has 2 rings (SSSR count). The van der Waals surface area contributed by atoms with Gasteiger partial charge in [-0.3, -0.25) is 4.79 Å². The molecular weight excluding hydrogens is 272 g/mol. The first-order valence-corrected chi connectivity index (χ1v) is 6.82. The van der Waals surface area contributed by atoms with Gasteiger partial charge in [-0.15, -0.1) is 12.4 Å². The van der Waals surface area contributed by atoms with Gasteiger partial charge in [-0.2, -0.15) is 0 Å². The van der Waals surface area contributed by atoms with Gasteiger partial charge < -0.3 is 10.6 Å². The van der Waals surface area contributed by atoms with Gasteiger partial charge >= 0.3 is 0 Å². The molecule has 1 heterocycles. The predicted octanol–water partition coefficient (Wildman–Crippen LogP) is 2.68. The second kappa shape index (κ2) is 7.46. The number of amides is 1. The van der Waals surface area contributed by atoms with Crippen LogP contribution in [0.3, 0.4) is 0 Å². The monoisotopic (exact) mass is 294 g/mol. The molecule has 0 spiro atoms. The Hall–Kier alpha value is -1.32. The van der Waals surface area contributed by atoms with Crippen LogP contribution in [-0.2, 0) is 0 Å². The Morgan fingerprint density at radius 1 is 1.25 bits per heavy atom. The quantitative estimate of drug-likeness (QED) is 0.842. The summed E-state index contributed by atoms with van der Waals surface area (Å²) < 4.78 is 0. The fourth-order valence-electron chi connectivity index (χ4n) is 2.65. The van der Waals surface area contributed by atoms with Crippen LogP contribution in [0.1, 0.15) is 33.5 Å². The van der Waals surface area contributed by atoms with Crippen molar-refractivity contribution >= 4 is 18.3 Å². The standard InChI is InChI=1S/C16H22N2O.ClH/c1-11-8-12(2)15(13(3)9-11)16(19)18-10-14-4-6-17-7-5-14;/h4,8-9,17H,5-7,10H2,1-3H3,(H,18,19);1H. The minimum atomic E-state index is 0. The summed E-state index contributed by atoms with van der Waals surface area (Å²) in [5, 5.41) is 6.30. The number of hydrogen-bond acceptors (Lipinski definition) is 2. The third-order valence-electron chi connectivity index (χ3n) is 3.54. The Kier molecular flexibility index (Phi) is 6.24. The number of halogens is 1. The van der Waals surface area contributed by atoms with Crippen molar-refractivity contribution < 1.29 is 4.79 Å². The average Bonchev–Trinajstić information content (AvgIpc) is 2.36. The van der Waals surface area contributed by atoms with E-state index in [0.717, 1.165) is 36.2 Å². The first kappa shape index (κ1) is 16.7. The maximum atomic E-state index is 12.3. The molecular formula is C16H23ClN2O. The number of aryl methyl sites for hydroxylation is 3. The second-order valence-electron chi connectivity index (χ2n) is 5.27. The number of nitrogens with one attached hydrogen (secondary N) is 2. The smallest absolute Gasteiger partial charge is 0.252 e. The van der Waals surface area contributed by atoms with E-state index in [9.17, 15) is 4.79 Å². The second-order valence-corrected chi connectivity index (χ2v) is 5.27. The third kappa shape index (κ3) is 4.09. The van der Waals surface area contributed by atoms with Gasteiger partial charge in [0, 0.05) is 18.7 Å². The molecule has 2 N–H and O–H groups in total. The van der Waals surface area contributed by atoms with E-state index in [2.05, 4.69) is 35.8 Å². The van der Waals surface area contributed by atoms with E-state index < -0.39 is 0 Å². The number of rotatable bonds is 3. The van der Waals surface area contributed by atoms with Gasteiger partial charge in [0.05, 0.1) is 0 Å². The van der Waals surface area contributed by atoms with E-state index in [1.54, 1.807) is 0 Å². The molecule has 0 fully saturated rings. The molecule has 20 heavy (non-hydrogen) atoms. The van der Waals surface area contributed by atoms with E-state index in [-0.39, 0.29) is 18.3 Å². The van der Waals surface area contributed by atoms with Gasteiger partial charge in [0.15, 0.2) is 0 Å². The molecule has 3 nitrogen and oxygen atoms in total. The van der Waals surface area contributed by atoms with Crippen molar-refractivity contribution in [3.8, 4) is 0 Å². The molecule has 1 aromatic rings. The highest BCUT2D eigenvalue weighted by Gasteiger charge is 2.13. The van der Waals surface area contributed by atoms with Crippen LogP contribution in [-0.4, -0.2) is 25.5 Å². The molecule has 4 heteroatoms. The van der Waals surface area contributed by atoms with Gasteiger partial charge in [-0.25, -0.2) is 0 Å². The Bertz CT molecular complexity index is 500. The Balaban J connectivity index is 0.00000200. The highest BCUT2D eigenvalue weighted by Crippen LogP contribution is 2.16. The normalized spacial score (nSPS) is 14.2. The van der Waals surface area contributed by atoms with E-state index in [0.29, 0.717) is 6.54 Å². The molecule has 0 aliphatic carbocycles. The maximum Gasteiger partial charge on any atom is 0.252 e. The van der Waals surface area contributed by atoms with E-state index in [1.807, 2.05) is 13.8 Å². The Morgan fingerprint density at radius 2 is 1.90 bits per heavy atom. The summed E-state index contributed by atoms with van der Waals surface area (Å²) in [6, 6.07) is 4.12. The van der Waals surface area contributed by atoms with E-state index in [4.69, 9.17) is 0 Å². The van der Waals surface area contributed by atoms with E-state index in [1.165, 1.54) is 11.1 Å². The largest absolute Gasteiger partial charge is 0.348 e. The molecule has 0 unspecified atom stereocenters. The fraction of sp³-hybridized carbons (Fsp3) is 0.438. The van der Waals surface area contributed by atoms with Crippen LogP contribution in [0.25, 0.3) is 0 Å². The molecule has 0 aromatic heterocycles. The molecule has 0 saturated carbocycles. The number of hydrogen-bond donors (Lipinski definition) is 2. The van der Waals surface area contributed by atoms with Crippen molar-refractivity contribution in [2.24, 2.45) is 0 Å². The lowest BCUT2D eigenvalue weighted by atomic mass is 9.99. The van der Waals surface area contributed by atoms with Crippen molar-refractivity contribution in [2.75, 3.05) is 19.6 Å². The first-order valence-electron chi connectivity index (χ1n) is 6.82. The number of carbonyl (C=O) groups is 1. The Labute approximate surface area is 127 Å². The SMILES string of the molecule is Cc1cc(C)c(C(=O)NCC2=CCNCC2)c(C)c1.Cl. The fourth-order valence-corrected chi connectivity index (χ4v) is 2.65. The molecule has 0 bridgehead atoms. The zero-order valence-corrected chi connectivity index (χ0v) is 13.2. The maximum absolute atomic E-state index is 12.3. The Morgan fingerprint density at radius 3 is 2.45 bits per heavy atom. The van der Waals surface area contributed by atoms with Crippen LogP contribution in [0.15, 0.2) is 23.8 Å². The summed E-state index contributed by atoms with van der Waals surface area (Å²) >= 11 is 0. The highest BCUT2D eigenvalue weighted by atomic mass is 35.5. The summed E-state index contributed by atoms with van der Waals surface area (Å²) in [6.07, 6.45) is 3.19. The summed E-state index contributed by atoms with van der Waals surface area (Å²) in [5.41, 5.74) is 5.44. The molecule has 0 atom stereocenters. The third-order valence-corrected chi connectivity index (χ3v) is 3.54. The molecule has 1 aromatic carbocycles. The van der Waals surface area contributed by atoms with Crippen LogP contribution in [0.5, 0.6) is 0 Å². The minimum Gasteiger partial charge on any atom is -0.348 e. The summed E-state index contributed by atoms with van der Waals surface area (Å²) in [7, 11) is 0. The van der Waals surface area contributed by atoms with Gasteiger partial charge in [0.2, 0.25) is 0 Å².